The average Bonchev–Trinajstić information content (AvgIpc) is 2.29. The minimum atomic E-state index is -0.454. The van der Waals surface area contributed by atoms with Gasteiger partial charge in [0.2, 0.25) is 0 Å². The molecular weight excluding hydrogens is 220 g/mol. The highest BCUT2D eigenvalue weighted by Gasteiger charge is 2.16. The number of nitrogens with one attached hydrogen (secondary N) is 1. The van der Waals surface area contributed by atoms with E-state index in [9.17, 15) is 10.1 Å². The fourth-order valence-electron chi connectivity index (χ4n) is 2.17. The second-order valence-corrected chi connectivity index (χ2v) is 4.37. The summed E-state index contributed by atoms with van der Waals surface area (Å²) in [5, 5.41) is 13.9. The van der Waals surface area contributed by atoms with Gasteiger partial charge in [0.25, 0.3) is 5.69 Å². The summed E-state index contributed by atoms with van der Waals surface area (Å²) in [6, 6.07) is 3.06. The van der Waals surface area contributed by atoms with Crippen molar-refractivity contribution in [3.63, 3.8) is 0 Å². The van der Waals surface area contributed by atoms with E-state index < -0.39 is 4.92 Å². The topological polar surface area (TPSA) is 94.1 Å². The Morgan fingerprint density at radius 2 is 2.06 bits per heavy atom. The van der Waals surface area contributed by atoms with Crippen LogP contribution in [0.15, 0.2) is 12.1 Å². The monoisotopic (exact) mass is 236 g/mol. The van der Waals surface area contributed by atoms with Gasteiger partial charge in [-0.2, -0.15) is 0 Å². The molecule has 0 unspecified atom stereocenters. The molecule has 2 rings (SSSR count). The van der Waals surface area contributed by atoms with Crippen molar-refractivity contribution in [3.8, 4) is 0 Å². The number of nitrogens with zero attached hydrogens (tertiary/aromatic N) is 2. The lowest BCUT2D eigenvalue weighted by Gasteiger charge is -2.23. The molecule has 1 aromatic rings. The molecule has 1 heterocycles. The summed E-state index contributed by atoms with van der Waals surface area (Å²) in [5.74, 6) is 0.682. The summed E-state index contributed by atoms with van der Waals surface area (Å²) in [6.45, 7) is 0. The van der Waals surface area contributed by atoms with E-state index in [0.29, 0.717) is 11.9 Å². The number of hydrogen-bond donors (Lipinski definition) is 2. The molecule has 0 atom stereocenters. The maximum Gasteiger partial charge on any atom is 0.276 e. The third-order valence-corrected chi connectivity index (χ3v) is 3.00. The summed E-state index contributed by atoms with van der Waals surface area (Å²) in [4.78, 5) is 14.3. The molecule has 6 nitrogen and oxygen atoms in total. The van der Waals surface area contributed by atoms with Gasteiger partial charge in [-0.25, -0.2) is 4.98 Å². The van der Waals surface area contributed by atoms with E-state index in [1.165, 1.54) is 31.4 Å². The van der Waals surface area contributed by atoms with Crippen LogP contribution in [0.2, 0.25) is 0 Å². The fraction of sp³-hybridized carbons (Fsp3) is 0.545. The molecule has 1 aromatic heterocycles. The Balaban J connectivity index is 2.11. The molecule has 0 spiro atoms. The first-order chi connectivity index (χ1) is 8.15. The van der Waals surface area contributed by atoms with Gasteiger partial charge < -0.3 is 11.1 Å². The van der Waals surface area contributed by atoms with Gasteiger partial charge in [0, 0.05) is 6.04 Å². The molecule has 1 aliphatic carbocycles. The van der Waals surface area contributed by atoms with Crippen molar-refractivity contribution >= 4 is 17.3 Å². The van der Waals surface area contributed by atoms with Crippen molar-refractivity contribution in [2.45, 2.75) is 38.1 Å². The van der Waals surface area contributed by atoms with Crippen molar-refractivity contribution in [2.24, 2.45) is 0 Å². The van der Waals surface area contributed by atoms with Gasteiger partial charge in [0.15, 0.2) is 0 Å². The minimum Gasteiger partial charge on any atom is -0.383 e. The largest absolute Gasteiger partial charge is 0.383 e. The molecule has 17 heavy (non-hydrogen) atoms. The van der Waals surface area contributed by atoms with Gasteiger partial charge in [-0.15, -0.1) is 0 Å². The second kappa shape index (κ2) is 4.99. The zero-order valence-corrected chi connectivity index (χ0v) is 9.56. The molecule has 0 amide bonds. The fourth-order valence-corrected chi connectivity index (χ4v) is 2.17. The van der Waals surface area contributed by atoms with Crippen molar-refractivity contribution in [1.82, 2.24) is 4.98 Å². The van der Waals surface area contributed by atoms with Gasteiger partial charge in [0.1, 0.15) is 11.6 Å². The number of nitrogens with two attached hydrogens (primary N) is 1. The number of anilines is 2. The van der Waals surface area contributed by atoms with Crippen LogP contribution in [0.3, 0.4) is 0 Å². The van der Waals surface area contributed by atoms with E-state index in [4.69, 9.17) is 5.73 Å². The number of nitrogen functional groups attached to an aromatic ring is 1. The highest BCUT2D eigenvalue weighted by molar-refractivity contribution is 5.53. The minimum absolute atomic E-state index is 0.0178. The van der Waals surface area contributed by atoms with E-state index in [0.717, 1.165) is 12.8 Å². The maximum absolute atomic E-state index is 10.7. The molecule has 0 aromatic carbocycles. The van der Waals surface area contributed by atoms with E-state index in [2.05, 4.69) is 10.3 Å². The molecule has 1 saturated carbocycles. The van der Waals surface area contributed by atoms with Crippen LogP contribution in [0.5, 0.6) is 0 Å². The predicted molar refractivity (Wildman–Crippen MR) is 65.8 cm³/mol. The number of rotatable bonds is 3. The van der Waals surface area contributed by atoms with E-state index in [1.807, 2.05) is 0 Å². The van der Waals surface area contributed by atoms with Crippen LogP contribution in [0.1, 0.15) is 32.1 Å². The molecule has 92 valence electrons. The first-order valence-corrected chi connectivity index (χ1v) is 5.83. The summed E-state index contributed by atoms with van der Waals surface area (Å²) in [7, 11) is 0. The van der Waals surface area contributed by atoms with Crippen LogP contribution in [0.25, 0.3) is 0 Å². The quantitative estimate of drug-likeness (QED) is 0.620. The van der Waals surface area contributed by atoms with Crippen molar-refractivity contribution in [3.05, 3.63) is 22.2 Å². The molecule has 0 bridgehead atoms. The summed E-state index contributed by atoms with van der Waals surface area (Å²) < 4.78 is 0. The molecular formula is C11H16N4O2. The molecule has 0 radical (unpaired) electrons. The normalized spacial score (nSPS) is 16.7. The third-order valence-electron chi connectivity index (χ3n) is 3.00. The summed E-state index contributed by atoms with van der Waals surface area (Å²) in [5.41, 5.74) is 5.53. The van der Waals surface area contributed by atoms with Crippen molar-refractivity contribution in [2.75, 3.05) is 11.1 Å². The highest BCUT2D eigenvalue weighted by Crippen LogP contribution is 2.24. The second-order valence-electron chi connectivity index (χ2n) is 4.37. The number of aromatic nitrogens is 1. The third kappa shape index (κ3) is 3.05. The Kier molecular flexibility index (Phi) is 3.41. The average molecular weight is 236 g/mol. The van der Waals surface area contributed by atoms with Crippen molar-refractivity contribution < 1.29 is 4.92 Å². The zero-order valence-electron chi connectivity index (χ0n) is 9.56. The molecule has 6 heteroatoms. The summed E-state index contributed by atoms with van der Waals surface area (Å²) in [6.07, 6.45) is 5.83. The smallest absolute Gasteiger partial charge is 0.276 e. The van der Waals surface area contributed by atoms with Gasteiger partial charge in [-0.3, -0.25) is 10.1 Å². The Labute approximate surface area is 99.4 Å². The SMILES string of the molecule is Nc1cc([N+](=O)[O-])cc(NC2CCCCC2)n1. The van der Waals surface area contributed by atoms with Crippen LogP contribution in [0, 0.1) is 10.1 Å². The van der Waals surface area contributed by atoms with Crippen LogP contribution in [-0.2, 0) is 0 Å². The van der Waals surface area contributed by atoms with Gasteiger partial charge in [0.05, 0.1) is 17.1 Å². The van der Waals surface area contributed by atoms with Crippen LogP contribution in [-0.4, -0.2) is 15.9 Å². The van der Waals surface area contributed by atoms with E-state index in [1.54, 1.807) is 0 Å². The standard InChI is InChI=1S/C11H16N4O2/c12-10-6-9(15(16)17)7-11(14-10)13-8-4-2-1-3-5-8/h6-8H,1-5H2,(H3,12,13,14). The highest BCUT2D eigenvalue weighted by atomic mass is 16.6. The molecule has 3 N–H and O–H groups in total. The Bertz CT molecular complexity index is 416. The van der Waals surface area contributed by atoms with Crippen LogP contribution in [0.4, 0.5) is 17.3 Å². The molecule has 1 aliphatic rings. The van der Waals surface area contributed by atoms with Crippen LogP contribution >= 0.6 is 0 Å². The van der Waals surface area contributed by atoms with E-state index in [-0.39, 0.29) is 11.5 Å². The van der Waals surface area contributed by atoms with Gasteiger partial charge in [-0.1, -0.05) is 19.3 Å². The molecule has 0 saturated heterocycles. The molecule has 0 aliphatic heterocycles. The Morgan fingerprint density at radius 3 is 2.71 bits per heavy atom. The lowest BCUT2D eigenvalue weighted by atomic mass is 9.95. The van der Waals surface area contributed by atoms with Crippen LogP contribution < -0.4 is 11.1 Å². The first kappa shape index (κ1) is 11.6. The number of hydrogen-bond acceptors (Lipinski definition) is 5. The zero-order chi connectivity index (χ0) is 12.3. The maximum atomic E-state index is 10.7. The van der Waals surface area contributed by atoms with Gasteiger partial charge >= 0.3 is 0 Å². The predicted octanol–water partition coefficient (Wildman–Crippen LogP) is 2.32. The first-order valence-electron chi connectivity index (χ1n) is 5.83. The lowest BCUT2D eigenvalue weighted by molar-refractivity contribution is -0.384. The van der Waals surface area contributed by atoms with Crippen molar-refractivity contribution in [1.29, 1.82) is 0 Å². The molecule has 1 fully saturated rings. The Hall–Kier alpha value is -1.85. The number of nitro groups is 1. The van der Waals surface area contributed by atoms with E-state index >= 15 is 0 Å². The lowest BCUT2D eigenvalue weighted by Crippen LogP contribution is -2.23. The Morgan fingerprint density at radius 1 is 1.35 bits per heavy atom. The number of pyridine rings is 1. The summed E-state index contributed by atoms with van der Waals surface area (Å²) >= 11 is 0. The van der Waals surface area contributed by atoms with Gasteiger partial charge in [-0.05, 0) is 12.8 Å².